The third-order valence-corrected chi connectivity index (χ3v) is 17.8. The van der Waals surface area contributed by atoms with Crippen LogP contribution in [0.5, 0.6) is 0 Å². The topological polar surface area (TPSA) is 139 Å². The van der Waals surface area contributed by atoms with Crippen molar-refractivity contribution in [1.82, 2.24) is 9.97 Å². The summed E-state index contributed by atoms with van der Waals surface area (Å²) in [6.45, 7) is 20.1. The Labute approximate surface area is 508 Å². The lowest BCUT2D eigenvalue weighted by molar-refractivity contribution is -0.215. The van der Waals surface area contributed by atoms with Gasteiger partial charge in [-0.05, 0) is 97.7 Å². The monoisotopic (exact) mass is 1360 g/mol. The quantitative estimate of drug-likeness (QED) is 0.0499. The van der Waals surface area contributed by atoms with Crippen LogP contribution in [0, 0.1) is 36.6 Å². The fourth-order valence-corrected chi connectivity index (χ4v) is 12.8. The molecule has 10 rings (SSSR count). The SMILES string of the molecule is CC1(C)OB(c2ccc(F)c([C@]34CO[C@H](C(F)(F)F)[C@H]3CSC(CC(=O)c3ccccc3)=N4)c2)OC1(C)C.[C-]#[N+]c1cnc(/C(F)=C/I)c(Cl)c1.[C-]#[N+]c1cnc(/C(F)=C/c2ccc(F)c([C@]34CO[C@H](C(F)(F)F)[C@H]3CSC(N)=N4)c2)c(Cl)c1. The number of benzene rings is 3. The number of thioether (sulfide) groups is 2. The molecule has 2 N–H and O–H groups in total. The summed E-state index contributed by atoms with van der Waals surface area (Å²) in [6, 6.07) is 18.9. The zero-order valence-corrected chi connectivity index (χ0v) is 49.6. The van der Waals surface area contributed by atoms with E-state index in [0.717, 1.165) is 41.9 Å². The summed E-state index contributed by atoms with van der Waals surface area (Å²) >= 11 is 15.5. The number of fused-ring (bicyclic) bond motifs is 2. The van der Waals surface area contributed by atoms with Crippen LogP contribution in [0.2, 0.25) is 10.0 Å². The van der Waals surface area contributed by atoms with Gasteiger partial charge in [0.15, 0.2) is 34.8 Å². The summed E-state index contributed by atoms with van der Waals surface area (Å²) in [4.78, 5) is 35.6. The van der Waals surface area contributed by atoms with Gasteiger partial charge in [0.25, 0.3) is 0 Å². The Balaban J connectivity index is 0.000000182. The van der Waals surface area contributed by atoms with Crippen molar-refractivity contribution in [2.75, 3.05) is 24.7 Å². The summed E-state index contributed by atoms with van der Waals surface area (Å²) in [5, 5.41) is 0.415. The smallest absolute Gasteiger partial charge is 0.399 e. The Hall–Kier alpha value is -5.56. The number of ether oxygens (including phenoxy) is 2. The predicted molar refractivity (Wildman–Crippen MR) is 313 cm³/mol. The lowest BCUT2D eigenvalue weighted by atomic mass is 9.73. The van der Waals surface area contributed by atoms with Crippen molar-refractivity contribution in [2.24, 2.45) is 27.6 Å². The van der Waals surface area contributed by atoms with Gasteiger partial charge in [0.1, 0.15) is 34.1 Å². The zero-order chi connectivity index (χ0) is 61.3. The van der Waals surface area contributed by atoms with E-state index in [0.29, 0.717) is 21.8 Å². The number of rotatable bonds is 9. The van der Waals surface area contributed by atoms with E-state index in [2.05, 4.69) is 29.6 Å². The first-order valence-corrected chi connectivity index (χ1v) is 28.9. The number of alkyl halides is 6. The van der Waals surface area contributed by atoms with Gasteiger partial charge in [0, 0.05) is 56.5 Å². The lowest BCUT2D eigenvalue weighted by Gasteiger charge is -2.37. The summed E-state index contributed by atoms with van der Waals surface area (Å²) in [7, 11) is -0.837. The second-order valence-corrected chi connectivity index (χ2v) is 24.0. The summed E-state index contributed by atoms with van der Waals surface area (Å²) < 4.78 is 165. The van der Waals surface area contributed by atoms with Crippen molar-refractivity contribution in [3.05, 3.63) is 173 Å². The number of halogens is 13. The molecule has 12 nitrogen and oxygen atoms in total. The van der Waals surface area contributed by atoms with Crippen LogP contribution in [0.15, 0.2) is 105 Å². The first-order chi connectivity index (χ1) is 39.5. The van der Waals surface area contributed by atoms with Gasteiger partial charge >= 0.3 is 19.5 Å². The van der Waals surface area contributed by atoms with Crippen molar-refractivity contribution < 1.29 is 67.5 Å². The van der Waals surface area contributed by atoms with Gasteiger partial charge in [-0.1, -0.05) is 83.5 Å². The number of pyridine rings is 2. The maximum absolute atomic E-state index is 15.5. The van der Waals surface area contributed by atoms with Crippen molar-refractivity contribution in [2.45, 2.75) is 81.0 Å². The average molecular weight is 1360 g/mol. The Bertz CT molecular complexity index is 3560. The molecule has 5 aromatic rings. The largest absolute Gasteiger partial charge is 0.494 e. The van der Waals surface area contributed by atoms with Gasteiger partial charge in [-0.25, -0.2) is 32.2 Å². The molecule has 5 aliphatic rings. The molecule has 7 heterocycles. The maximum atomic E-state index is 15.5. The molecule has 0 spiro atoms. The number of amidine groups is 1. The third kappa shape index (κ3) is 13.5. The van der Waals surface area contributed by atoms with Crippen LogP contribution in [-0.2, 0) is 29.9 Å². The van der Waals surface area contributed by atoms with Gasteiger partial charge < -0.3 is 24.5 Å². The Morgan fingerprint density at radius 1 is 0.750 bits per heavy atom. The van der Waals surface area contributed by atoms with E-state index in [-0.39, 0.29) is 72.7 Å². The molecule has 3 saturated heterocycles. The van der Waals surface area contributed by atoms with Gasteiger partial charge in [0.2, 0.25) is 11.4 Å². The molecule has 5 aliphatic heterocycles. The molecule has 0 aliphatic carbocycles. The van der Waals surface area contributed by atoms with Crippen LogP contribution >= 0.6 is 69.3 Å². The van der Waals surface area contributed by atoms with Crippen LogP contribution in [0.1, 0.15) is 72.6 Å². The van der Waals surface area contributed by atoms with Crippen molar-refractivity contribution >= 4 is 127 Å². The van der Waals surface area contributed by atoms with E-state index in [1.807, 2.05) is 27.7 Å². The first-order valence-electron chi connectivity index (χ1n) is 25.0. The Kier molecular flexibility index (Phi) is 19.5. The highest BCUT2D eigenvalue weighted by molar-refractivity contribution is 14.1. The number of ketones is 1. The molecule has 0 amide bonds. The molecule has 84 heavy (non-hydrogen) atoms. The van der Waals surface area contributed by atoms with E-state index in [1.54, 1.807) is 52.9 Å². The Morgan fingerprint density at radius 3 is 1.76 bits per heavy atom. The minimum Gasteiger partial charge on any atom is -0.399 e. The highest BCUT2D eigenvalue weighted by atomic mass is 127. The van der Waals surface area contributed by atoms with Crippen molar-refractivity contribution in [3.63, 3.8) is 0 Å². The highest BCUT2D eigenvalue weighted by Crippen LogP contribution is 2.54. The summed E-state index contributed by atoms with van der Waals surface area (Å²) in [6.07, 6.45) is -10.2. The summed E-state index contributed by atoms with van der Waals surface area (Å²) in [5.74, 6) is -5.59. The molecule has 0 bridgehead atoms. The molecule has 2 aromatic heterocycles. The molecule has 3 fully saturated rings. The molecule has 0 saturated carbocycles. The number of nitrogens with zero attached hydrogens (tertiary/aromatic N) is 6. The lowest BCUT2D eigenvalue weighted by Crippen LogP contribution is -2.46. The van der Waals surface area contributed by atoms with Gasteiger partial charge in [-0.3, -0.25) is 19.8 Å². The number of nitrogens with two attached hydrogens (primary N) is 1. The van der Waals surface area contributed by atoms with Crippen LogP contribution in [0.25, 0.3) is 27.4 Å². The normalized spacial score (nSPS) is 24.4. The van der Waals surface area contributed by atoms with Crippen molar-refractivity contribution in [3.8, 4) is 0 Å². The molecule has 3 aromatic carbocycles. The molecular formula is C56H45BCl2F10IN7O5S2. The Morgan fingerprint density at radius 2 is 1.25 bits per heavy atom. The number of carbonyl (C=O) groups is 1. The molecule has 440 valence electrons. The van der Waals surface area contributed by atoms with Gasteiger partial charge in [0.05, 0.1) is 59.1 Å². The van der Waals surface area contributed by atoms with E-state index in [9.17, 15) is 44.3 Å². The molecule has 0 unspecified atom stereocenters. The van der Waals surface area contributed by atoms with E-state index in [1.165, 1.54) is 52.7 Å². The standard InChI is InChI=1S/C27H28BF4NO4S.C21H14ClF5N4OS.C8H3ClFIN2/c1-24(2)25(3,4)37-28(36-24)17-10-11-20(29)18(12-17)26-15-35-23(27(30,31)32)19(26)14-38-22(33-26)13-21(34)16-8-6-5-7-9-16;1-29-11-6-14(22)17(30-7-11)16(24)5-10-2-3-15(23)12(4-10)20-9-32-18(21(25,26)27)13(20)8-33-19(28)31-20;1-12-5-2-6(9)8(13-4-5)7(10)3-11/h5-12,19,23H,13-15H2,1-4H3;2-7,13,18H,8-9H2,(H2,28,31);2-4H/b;16-5-;7-3-/t19-,23+,26-;13-,18+,20-;/m11./s1. The number of Topliss-reactive ketones (excluding diaryl/α,β-unsaturated/α-hetero) is 1. The second kappa shape index (κ2) is 25.4. The minimum atomic E-state index is -4.67. The van der Waals surface area contributed by atoms with E-state index >= 15 is 4.39 Å². The van der Waals surface area contributed by atoms with Crippen LogP contribution in [-0.4, -0.2) is 93.6 Å². The first kappa shape index (κ1) is 64.4. The average Bonchev–Trinajstić information content (AvgIpc) is 4.09. The number of aliphatic imine (C=N–C) groups is 2. The maximum Gasteiger partial charge on any atom is 0.494 e. The molecule has 6 atom stereocenters. The van der Waals surface area contributed by atoms with Gasteiger partial charge in [-0.2, -0.15) is 26.3 Å². The fraction of sp³-hybridized carbons (Fsp3) is 0.339. The number of carbonyl (C=O) groups excluding carboxylic acids is 1. The molecule has 28 heteroatoms. The number of hydrogen-bond acceptors (Lipinski definition) is 12. The highest BCUT2D eigenvalue weighted by Gasteiger charge is 2.64. The van der Waals surface area contributed by atoms with E-state index in [4.69, 9.17) is 60.9 Å². The molecule has 0 radical (unpaired) electrons. The van der Waals surface area contributed by atoms with Crippen molar-refractivity contribution in [1.29, 1.82) is 0 Å². The second-order valence-electron chi connectivity index (χ2n) is 20.4. The molecular weight excluding hydrogens is 1310 g/mol. The zero-order valence-electron chi connectivity index (χ0n) is 44.3. The van der Waals surface area contributed by atoms with E-state index < -0.39 is 102 Å². The number of aromatic nitrogens is 2. The number of hydrogen-bond donors (Lipinski definition) is 1. The van der Waals surface area contributed by atoms with Crippen LogP contribution in [0.3, 0.4) is 0 Å². The van der Waals surface area contributed by atoms with Crippen LogP contribution < -0.4 is 11.2 Å². The predicted octanol–water partition coefficient (Wildman–Crippen LogP) is 15.0. The van der Waals surface area contributed by atoms with Gasteiger partial charge in [-0.15, -0.1) is 11.8 Å². The minimum absolute atomic E-state index is 0.0140. The third-order valence-electron chi connectivity index (χ3n) is 14.6. The fourth-order valence-electron chi connectivity index (χ4n) is 9.74. The summed E-state index contributed by atoms with van der Waals surface area (Å²) in [5.41, 5.74) is 2.28. The van der Waals surface area contributed by atoms with Crippen LogP contribution in [0.4, 0.5) is 55.3 Å².